The van der Waals surface area contributed by atoms with E-state index in [1.807, 2.05) is 0 Å². The van der Waals surface area contributed by atoms with Crippen LogP contribution in [-0.2, 0) is 4.79 Å². The summed E-state index contributed by atoms with van der Waals surface area (Å²) in [5, 5.41) is 6.61. The highest BCUT2D eigenvalue weighted by molar-refractivity contribution is 5.76. The molecule has 0 bridgehead atoms. The molecule has 2 N–H and O–H groups in total. The lowest BCUT2D eigenvalue weighted by Crippen LogP contribution is -2.46. The molecule has 3 rings (SSSR count). The molecule has 1 unspecified atom stereocenters. The van der Waals surface area contributed by atoms with Gasteiger partial charge in [0, 0.05) is 37.6 Å². The first-order valence-electron chi connectivity index (χ1n) is 7.58. The zero-order valence-corrected chi connectivity index (χ0v) is 11.2. The van der Waals surface area contributed by atoms with Crippen LogP contribution in [0, 0.1) is 0 Å². The molecule has 4 nitrogen and oxygen atoms in total. The number of hydrogen-bond acceptors (Lipinski definition) is 3. The Kier molecular flexibility index (Phi) is 3.85. The van der Waals surface area contributed by atoms with E-state index in [1.165, 1.54) is 32.4 Å². The molecule has 2 saturated heterocycles. The zero-order chi connectivity index (χ0) is 12.4. The van der Waals surface area contributed by atoms with Gasteiger partial charge in [-0.25, -0.2) is 0 Å². The van der Waals surface area contributed by atoms with Crippen LogP contribution < -0.4 is 10.6 Å². The lowest BCUT2D eigenvalue weighted by molar-refractivity contribution is -0.122. The van der Waals surface area contributed by atoms with Gasteiger partial charge in [-0.15, -0.1) is 0 Å². The van der Waals surface area contributed by atoms with Crippen LogP contribution in [-0.4, -0.2) is 48.6 Å². The molecule has 1 saturated carbocycles. The van der Waals surface area contributed by atoms with Crippen molar-refractivity contribution in [2.75, 3.05) is 19.6 Å². The Balaban J connectivity index is 1.36. The second kappa shape index (κ2) is 5.57. The number of nitrogens with one attached hydrogen (secondary N) is 2. The van der Waals surface area contributed by atoms with E-state index < -0.39 is 0 Å². The average Bonchev–Trinajstić information content (AvgIpc) is 3.09. The van der Waals surface area contributed by atoms with Crippen LogP contribution in [0.5, 0.6) is 0 Å². The first-order valence-corrected chi connectivity index (χ1v) is 7.58. The fourth-order valence-corrected chi connectivity index (χ4v) is 3.29. The lowest BCUT2D eigenvalue weighted by Gasteiger charge is -2.32. The van der Waals surface area contributed by atoms with Crippen molar-refractivity contribution in [3.05, 3.63) is 0 Å². The number of carbonyl (C=O) groups excluding carboxylic acids is 1. The smallest absolute Gasteiger partial charge is 0.221 e. The van der Waals surface area contributed by atoms with Crippen molar-refractivity contribution in [1.82, 2.24) is 15.5 Å². The topological polar surface area (TPSA) is 44.4 Å². The van der Waals surface area contributed by atoms with Gasteiger partial charge in [0.2, 0.25) is 5.91 Å². The molecule has 0 aromatic carbocycles. The molecule has 0 radical (unpaired) electrons. The fraction of sp³-hybridized carbons (Fsp3) is 0.929. The van der Waals surface area contributed by atoms with Crippen molar-refractivity contribution in [3.63, 3.8) is 0 Å². The quantitative estimate of drug-likeness (QED) is 0.779. The molecule has 0 spiro atoms. The van der Waals surface area contributed by atoms with Crippen molar-refractivity contribution >= 4 is 5.91 Å². The summed E-state index contributed by atoms with van der Waals surface area (Å²) in [4.78, 5) is 14.5. The van der Waals surface area contributed by atoms with E-state index in [4.69, 9.17) is 0 Å². The van der Waals surface area contributed by atoms with Gasteiger partial charge in [0.15, 0.2) is 0 Å². The van der Waals surface area contributed by atoms with Crippen LogP contribution in [0.25, 0.3) is 0 Å². The van der Waals surface area contributed by atoms with E-state index in [0.717, 1.165) is 31.8 Å². The molecule has 1 aliphatic carbocycles. The van der Waals surface area contributed by atoms with Crippen LogP contribution in [0.4, 0.5) is 0 Å². The maximum absolute atomic E-state index is 11.9. The Morgan fingerprint density at radius 3 is 2.56 bits per heavy atom. The Morgan fingerprint density at radius 1 is 1.17 bits per heavy atom. The first-order chi connectivity index (χ1) is 8.81. The van der Waals surface area contributed by atoms with E-state index in [-0.39, 0.29) is 5.91 Å². The molecule has 0 aromatic heterocycles. The monoisotopic (exact) mass is 251 g/mol. The number of nitrogens with zero attached hydrogens (tertiary/aromatic N) is 1. The van der Waals surface area contributed by atoms with Crippen LogP contribution in [0.3, 0.4) is 0 Å². The van der Waals surface area contributed by atoms with Crippen molar-refractivity contribution in [3.8, 4) is 0 Å². The zero-order valence-electron chi connectivity index (χ0n) is 11.2. The minimum absolute atomic E-state index is 0.249. The van der Waals surface area contributed by atoms with Gasteiger partial charge in [0.25, 0.3) is 0 Å². The summed E-state index contributed by atoms with van der Waals surface area (Å²) in [7, 11) is 0. The third-order valence-electron chi connectivity index (χ3n) is 4.55. The summed E-state index contributed by atoms with van der Waals surface area (Å²) in [6, 6.07) is 1.73. The van der Waals surface area contributed by atoms with Gasteiger partial charge < -0.3 is 15.5 Å². The average molecular weight is 251 g/mol. The molecular formula is C14H25N3O. The van der Waals surface area contributed by atoms with E-state index in [2.05, 4.69) is 15.5 Å². The van der Waals surface area contributed by atoms with Gasteiger partial charge in [-0.05, 0) is 45.1 Å². The third kappa shape index (κ3) is 3.23. The van der Waals surface area contributed by atoms with Crippen molar-refractivity contribution < 1.29 is 4.79 Å². The van der Waals surface area contributed by atoms with Gasteiger partial charge in [-0.2, -0.15) is 0 Å². The predicted octanol–water partition coefficient (Wildman–Crippen LogP) is 0.872. The molecule has 2 heterocycles. The van der Waals surface area contributed by atoms with Crippen LogP contribution in [0.2, 0.25) is 0 Å². The van der Waals surface area contributed by atoms with E-state index in [1.54, 1.807) is 0 Å². The molecule has 1 amide bonds. The van der Waals surface area contributed by atoms with Gasteiger partial charge >= 0.3 is 0 Å². The number of carbonyl (C=O) groups is 1. The molecular weight excluding hydrogens is 226 g/mol. The molecule has 3 aliphatic rings. The van der Waals surface area contributed by atoms with Crippen LogP contribution in [0.15, 0.2) is 0 Å². The van der Waals surface area contributed by atoms with Gasteiger partial charge in [0.1, 0.15) is 0 Å². The predicted molar refractivity (Wildman–Crippen MR) is 71.4 cm³/mol. The van der Waals surface area contributed by atoms with Crippen LogP contribution in [0.1, 0.15) is 44.9 Å². The number of rotatable bonds is 4. The van der Waals surface area contributed by atoms with E-state index in [9.17, 15) is 4.79 Å². The van der Waals surface area contributed by atoms with Crippen LogP contribution >= 0.6 is 0 Å². The molecule has 1 atom stereocenters. The fourth-order valence-electron chi connectivity index (χ4n) is 3.29. The van der Waals surface area contributed by atoms with Crippen molar-refractivity contribution in [1.29, 1.82) is 0 Å². The van der Waals surface area contributed by atoms with Crippen molar-refractivity contribution in [2.24, 2.45) is 0 Å². The molecule has 3 fully saturated rings. The minimum Gasteiger partial charge on any atom is -0.353 e. The summed E-state index contributed by atoms with van der Waals surface area (Å²) in [5.41, 5.74) is 0. The summed E-state index contributed by atoms with van der Waals surface area (Å²) in [6.45, 7) is 3.44. The number of likely N-dealkylation sites (tertiary alicyclic amines) is 1. The second-order valence-electron chi connectivity index (χ2n) is 6.11. The summed E-state index contributed by atoms with van der Waals surface area (Å²) in [6.07, 6.45) is 8.11. The second-order valence-corrected chi connectivity index (χ2v) is 6.11. The number of amides is 1. The highest BCUT2D eigenvalue weighted by atomic mass is 16.1. The normalized spacial score (nSPS) is 30.6. The first kappa shape index (κ1) is 12.4. The molecule has 2 aliphatic heterocycles. The van der Waals surface area contributed by atoms with Crippen molar-refractivity contribution in [2.45, 2.75) is 63.1 Å². The molecule has 18 heavy (non-hydrogen) atoms. The van der Waals surface area contributed by atoms with Gasteiger partial charge in [-0.1, -0.05) is 0 Å². The largest absolute Gasteiger partial charge is 0.353 e. The van der Waals surface area contributed by atoms with Gasteiger partial charge in [-0.3, -0.25) is 4.79 Å². The highest BCUT2D eigenvalue weighted by Crippen LogP contribution is 2.29. The molecule has 102 valence electrons. The Morgan fingerprint density at radius 2 is 1.94 bits per heavy atom. The summed E-state index contributed by atoms with van der Waals surface area (Å²) >= 11 is 0. The number of hydrogen-bond donors (Lipinski definition) is 2. The lowest BCUT2D eigenvalue weighted by atomic mass is 10.0. The van der Waals surface area contributed by atoms with E-state index in [0.29, 0.717) is 18.5 Å². The maximum atomic E-state index is 11.9. The standard InChI is InChI=1S/C14H25N3O/c18-14(10-12-2-1-7-15-12)16-11-5-8-17(9-6-11)13-3-4-13/h11-13,15H,1-10H2,(H,16,18). The SMILES string of the molecule is O=C(CC1CCCN1)NC1CCN(C2CC2)CC1. The third-order valence-corrected chi connectivity index (χ3v) is 4.55. The Bertz CT molecular complexity index is 289. The Labute approximate surface area is 109 Å². The number of piperidine rings is 1. The van der Waals surface area contributed by atoms with E-state index >= 15 is 0 Å². The molecule has 0 aromatic rings. The van der Waals surface area contributed by atoms with Gasteiger partial charge in [0.05, 0.1) is 0 Å². The highest BCUT2D eigenvalue weighted by Gasteiger charge is 2.32. The molecule has 4 heteroatoms. The summed E-state index contributed by atoms with van der Waals surface area (Å²) in [5.74, 6) is 0.249. The minimum atomic E-state index is 0.249. The maximum Gasteiger partial charge on any atom is 0.221 e. The Hall–Kier alpha value is -0.610. The summed E-state index contributed by atoms with van der Waals surface area (Å²) < 4.78 is 0.